The molecular weight excluding hydrogens is 353 g/mol. The van der Waals surface area contributed by atoms with Crippen molar-refractivity contribution in [3.8, 4) is 16.9 Å². The van der Waals surface area contributed by atoms with E-state index in [0.29, 0.717) is 10.0 Å². The fourth-order valence-electron chi connectivity index (χ4n) is 2.68. The highest BCUT2D eigenvalue weighted by Gasteiger charge is 2.08. The van der Waals surface area contributed by atoms with Gasteiger partial charge in [-0.25, -0.2) is 0 Å². The largest absolute Gasteiger partial charge is 0.494 e. The molecule has 0 radical (unpaired) electrons. The van der Waals surface area contributed by atoms with Gasteiger partial charge in [-0.1, -0.05) is 61.2 Å². The maximum atomic E-state index is 6.26. The van der Waals surface area contributed by atoms with Crippen LogP contribution in [0.25, 0.3) is 11.1 Å². The molecule has 0 atom stereocenters. The quantitative estimate of drug-likeness (QED) is 0.433. The van der Waals surface area contributed by atoms with Crippen molar-refractivity contribution >= 4 is 23.2 Å². The molecule has 2 aromatic carbocycles. The second kappa shape index (κ2) is 10.7. The van der Waals surface area contributed by atoms with E-state index in [1.807, 2.05) is 42.5 Å². The Labute approximate surface area is 161 Å². The van der Waals surface area contributed by atoms with E-state index in [1.165, 1.54) is 25.8 Å². The first-order valence-electron chi connectivity index (χ1n) is 8.97. The molecule has 4 heteroatoms. The van der Waals surface area contributed by atoms with Crippen LogP contribution in [-0.4, -0.2) is 31.6 Å². The Kier molecular flexibility index (Phi) is 8.60. The monoisotopic (exact) mass is 379 g/mol. The predicted molar refractivity (Wildman–Crippen MR) is 109 cm³/mol. The zero-order chi connectivity index (χ0) is 18.1. The second-order valence-corrected chi connectivity index (χ2v) is 7.09. The SMILES string of the molecule is CCN(C)CCCCCCOc1ccc(-c2c(Cl)cccc2Cl)cc1. The van der Waals surface area contributed by atoms with Gasteiger partial charge in [-0.15, -0.1) is 0 Å². The minimum absolute atomic E-state index is 0.662. The number of unbranched alkanes of at least 4 members (excludes halogenated alkanes) is 3. The molecule has 0 bridgehead atoms. The third kappa shape index (κ3) is 6.54. The molecule has 0 aromatic heterocycles. The molecule has 0 unspecified atom stereocenters. The third-order valence-electron chi connectivity index (χ3n) is 4.35. The van der Waals surface area contributed by atoms with E-state index in [2.05, 4.69) is 18.9 Å². The summed E-state index contributed by atoms with van der Waals surface area (Å²) in [7, 11) is 2.17. The highest BCUT2D eigenvalue weighted by Crippen LogP contribution is 2.35. The molecule has 0 aliphatic carbocycles. The van der Waals surface area contributed by atoms with Gasteiger partial charge >= 0.3 is 0 Å². The summed E-state index contributed by atoms with van der Waals surface area (Å²) in [4.78, 5) is 2.35. The molecular formula is C21H27Cl2NO. The molecule has 0 aliphatic rings. The third-order valence-corrected chi connectivity index (χ3v) is 4.98. The van der Waals surface area contributed by atoms with Crippen LogP contribution in [0.15, 0.2) is 42.5 Å². The molecule has 2 aromatic rings. The molecule has 136 valence electrons. The van der Waals surface area contributed by atoms with Gasteiger partial charge in [0, 0.05) is 15.6 Å². The lowest BCUT2D eigenvalue weighted by atomic mass is 10.1. The average Bonchev–Trinajstić information content (AvgIpc) is 2.61. The van der Waals surface area contributed by atoms with Crippen molar-refractivity contribution in [1.82, 2.24) is 4.90 Å². The first-order chi connectivity index (χ1) is 12.1. The molecule has 0 fully saturated rings. The summed E-state index contributed by atoms with van der Waals surface area (Å²) >= 11 is 12.5. The van der Waals surface area contributed by atoms with Gasteiger partial charge in [0.2, 0.25) is 0 Å². The van der Waals surface area contributed by atoms with E-state index < -0.39 is 0 Å². The summed E-state index contributed by atoms with van der Waals surface area (Å²) in [5.41, 5.74) is 1.87. The van der Waals surface area contributed by atoms with E-state index in [0.717, 1.165) is 36.4 Å². The smallest absolute Gasteiger partial charge is 0.119 e. The summed E-state index contributed by atoms with van der Waals surface area (Å²) in [5, 5.41) is 1.32. The summed E-state index contributed by atoms with van der Waals surface area (Å²) in [6, 6.07) is 13.5. The Balaban J connectivity index is 1.74. The van der Waals surface area contributed by atoms with E-state index in [1.54, 1.807) is 0 Å². The molecule has 2 nitrogen and oxygen atoms in total. The van der Waals surface area contributed by atoms with Gasteiger partial charge in [0.15, 0.2) is 0 Å². The van der Waals surface area contributed by atoms with Crippen molar-refractivity contribution in [3.63, 3.8) is 0 Å². The van der Waals surface area contributed by atoms with Gasteiger partial charge < -0.3 is 9.64 Å². The number of hydrogen-bond acceptors (Lipinski definition) is 2. The minimum atomic E-state index is 0.662. The number of ether oxygens (including phenoxy) is 1. The topological polar surface area (TPSA) is 12.5 Å². The Morgan fingerprint density at radius 3 is 2.16 bits per heavy atom. The number of rotatable bonds is 10. The Bertz CT molecular complexity index is 623. The first-order valence-corrected chi connectivity index (χ1v) is 9.73. The van der Waals surface area contributed by atoms with Crippen LogP contribution in [0.3, 0.4) is 0 Å². The van der Waals surface area contributed by atoms with Crippen LogP contribution in [0.1, 0.15) is 32.6 Å². The lowest BCUT2D eigenvalue weighted by molar-refractivity contribution is 0.299. The molecule has 0 aliphatic heterocycles. The Morgan fingerprint density at radius 1 is 0.880 bits per heavy atom. The van der Waals surface area contributed by atoms with Crippen molar-refractivity contribution in [2.75, 3.05) is 26.7 Å². The molecule has 2 rings (SSSR count). The zero-order valence-corrected chi connectivity index (χ0v) is 16.6. The van der Waals surface area contributed by atoms with Crippen molar-refractivity contribution in [1.29, 1.82) is 0 Å². The van der Waals surface area contributed by atoms with Crippen LogP contribution in [0, 0.1) is 0 Å². The van der Waals surface area contributed by atoms with E-state index in [4.69, 9.17) is 27.9 Å². The second-order valence-electron chi connectivity index (χ2n) is 6.28. The number of halogens is 2. The van der Waals surface area contributed by atoms with E-state index in [-0.39, 0.29) is 0 Å². The van der Waals surface area contributed by atoms with Crippen LogP contribution in [0.4, 0.5) is 0 Å². The normalized spacial score (nSPS) is 11.1. The molecule has 0 saturated carbocycles. The molecule has 0 spiro atoms. The van der Waals surface area contributed by atoms with Crippen LogP contribution in [-0.2, 0) is 0 Å². The summed E-state index contributed by atoms with van der Waals surface area (Å²) in [6.07, 6.45) is 4.83. The molecule has 0 heterocycles. The van der Waals surface area contributed by atoms with Crippen LogP contribution < -0.4 is 4.74 Å². The maximum absolute atomic E-state index is 6.26. The van der Waals surface area contributed by atoms with Crippen LogP contribution in [0.5, 0.6) is 5.75 Å². The lowest BCUT2D eigenvalue weighted by Gasteiger charge is -2.13. The highest BCUT2D eigenvalue weighted by atomic mass is 35.5. The number of hydrogen-bond donors (Lipinski definition) is 0. The van der Waals surface area contributed by atoms with Crippen LogP contribution >= 0.6 is 23.2 Å². The predicted octanol–water partition coefficient (Wildman–Crippen LogP) is 6.55. The average molecular weight is 380 g/mol. The van der Waals surface area contributed by atoms with Gasteiger partial charge in [0.05, 0.1) is 6.61 Å². The number of benzene rings is 2. The minimum Gasteiger partial charge on any atom is -0.494 e. The van der Waals surface area contributed by atoms with E-state index in [9.17, 15) is 0 Å². The standard InChI is InChI=1S/C21H27Cl2NO/c1-3-24(2)15-6-4-5-7-16-25-18-13-11-17(12-14-18)21-19(22)9-8-10-20(21)23/h8-14H,3-7,15-16H2,1-2H3. The van der Waals surface area contributed by atoms with E-state index >= 15 is 0 Å². The Morgan fingerprint density at radius 2 is 1.52 bits per heavy atom. The molecule has 25 heavy (non-hydrogen) atoms. The van der Waals surface area contributed by atoms with Gasteiger partial charge in [-0.2, -0.15) is 0 Å². The maximum Gasteiger partial charge on any atom is 0.119 e. The first kappa shape index (κ1) is 20.1. The summed E-state index contributed by atoms with van der Waals surface area (Å²) in [6.45, 7) is 5.26. The fourth-order valence-corrected chi connectivity index (χ4v) is 3.29. The molecule has 0 amide bonds. The van der Waals surface area contributed by atoms with Crippen molar-refractivity contribution in [2.45, 2.75) is 32.6 Å². The van der Waals surface area contributed by atoms with Gasteiger partial charge in [-0.05, 0) is 62.8 Å². The highest BCUT2D eigenvalue weighted by molar-refractivity contribution is 6.39. The van der Waals surface area contributed by atoms with Gasteiger partial charge in [0.25, 0.3) is 0 Å². The van der Waals surface area contributed by atoms with Crippen molar-refractivity contribution in [2.24, 2.45) is 0 Å². The fraction of sp³-hybridized carbons (Fsp3) is 0.429. The lowest BCUT2D eigenvalue weighted by Crippen LogP contribution is -2.18. The van der Waals surface area contributed by atoms with Crippen molar-refractivity contribution < 1.29 is 4.74 Å². The Hall–Kier alpha value is -1.22. The van der Waals surface area contributed by atoms with Gasteiger partial charge in [0.1, 0.15) is 5.75 Å². The molecule has 0 saturated heterocycles. The summed E-state index contributed by atoms with van der Waals surface area (Å²) < 4.78 is 5.83. The van der Waals surface area contributed by atoms with Crippen molar-refractivity contribution in [3.05, 3.63) is 52.5 Å². The molecule has 0 N–H and O–H groups in total. The van der Waals surface area contributed by atoms with Gasteiger partial charge in [-0.3, -0.25) is 0 Å². The van der Waals surface area contributed by atoms with Crippen LogP contribution in [0.2, 0.25) is 10.0 Å². The number of nitrogens with zero attached hydrogens (tertiary/aromatic N) is 1. The summed E-state index contributed by atoms with van der Waals surface area (Å²) in [5.74, 6) is 0.887. The zero-order valence-electron chi connectivity index (χ0n) is 15.1.